The fourth-order valence-electron chi connectivity index (χ4n) is 2.48. The summed E-state index contributed by atoms with van der Waals surface area (Å²) in [5.74, 6) is 0.131. The normalized spacial score (nSPS) is 11.0. The van der Waals surface area contributed by atoms with Crippen LogP contribution in [0.2, 0.25) is 5.02 Å². The van der Waals surface area contributed by atoms with E-state index in [2.05, 4.69) is 26.0 Å². The van der Waals surface area contributed by atoms with Crippen LogP contribution in [0.5, 0.6) is 5.75 Å². The molecule has 0 aromatic heterocycles. The van der Waals surface area contributed by atoms with Gasteiger partial charge in [-0.3, -0.25) is 9.52 Å². The topological polar surface area (TPSA) is 84.5 Å². The van der Waals surface area contributed by atoms with E-state index in [0.29, 0.717) is 22.7 Å². The molecule has 2 N–H and O–H groups in total. The van der Waals surface area contributed by atoms with E-state index in [-0.39, 0.29) is 9.92 Å². The average molecular weight is 496 g/mol. The fraction of sp³-hybridized carbons (Fsp3) is 0.0500. The molecular weight excluding hydrogens is 480 g/mol. The molecule has 0 radical (unpaired) electrons. The van der Waals surface area contributed by atoms with Gasteiger partial charge in [-0.1, -0.05) is 33.6 Å². The number of benzene rings is 3. The highest BCUT2D eigenvalue weighted by Gasteiger charge is 2.19. The van der Waals surface area contributed by atoms with Crippen molar-refractivity contribution >= 4 is 54.8 Å². The zero-order valence-electron chi connectivity index (χ0n) is 15.1. The summed E-state index contributed by atoms with van der Waals surface area (Å²) >= 11 is 9.41. The largest absolute Gasteiger partial charge is 0.497 e. The van der Waals surface area contributed by atoms with Crippen LogP contribution in [0.1, 0.15) is 10.4 Å². The quantitative estimate of drug-likeness (QED) is 0.494. The van der Waals surface area contributed by atoms with Crippen LogP contribution in [0.4, 0.5) is 11.4 Å². The molecule has 6 nitrogen and oxygen atoms in total. The van der Waals surface area contributed by atoms with E-state index < -0.39 is 15.9 Å². The lowest BCUT2D eigenvalue weighted by atomic mass is 10.2. The van der Waals surface area contributed by atoms with Gasteiger partial charge in [0, 0.05) is 21.4 Å². The van der Waals surface area contributed by atoms with Crippen molar-refractivity contribution < 1.29 is 17.9 Å². The van der Waals surface area contributed by atoms with Crippen LogP contribution < -0.4 is 14.8 Å². The highest BCUT2D eigenvalue weighted by Crippen LogP contribution is 2.28. The number of anilines is 2. The van der Waals surface area contributed by atoms with Crippen molar-refractivity contribution in [3.05, 3.63) is 81.8 Å². The first-order chi connectivity index (χ1) is 13.8. The van der Waals surface area contributed by atoms with E-state index in [1.54, 1.807) is 48.5 Å². The maximum atomic E-state index is 12.8. The second-order valence-corrected chi connectivity index (χ2v) is 8.92. The Kier molecular flexibility index (Phi) is 6.46. The van der Waals surface area contributed by atoms with Gasteiger partial charge in [0.25, 0.3) is 15.9 Å². The van der Waals surface area contributed by atoms with Crippen LogP contribution in [0, 0.1) is 0 Å². The summed E-state index contributed by atoms with van der Waals surface area (Å²) in [5.41, 5.74) is 1.05. The Labute approximate surface area is 182 Å². The van der Waals surface area contributed by atoms with Gasteiger partial charge in [-0.2, -0.15) is 0 Å². The first kappa shape index (κ1) is 21.2. The molecule has 9 heteroatoms. The van der Waals surface area contributed by atoms with E-state index in [1.807, 2.05) is 0 Å². The zero-order chi connectivity index (χ0) is 21.0. The third-order valence-electron chi connectivity index (χ3n) is 3.91. The number of carbonyl (C=O) groups is 1. The molecular formula is C20H16BrClN2O4S. The maximum Gasteiger partial charge on any atom is 0.263 e. The Morgan fingerprint density at radius 2 is 1.69 bits per heavy atom. The van der Waals surface area contributed by atoms with Crippen molar-refractivity contribution in [1.82, 2.24) is 0 Å². The van der Waals surface area contributed by atoms with Crippen molar-refractivity contribution in [2.45, 2.75) is 4.90 Å². The monoisotopic (exact) mass is 494 g/mol. The van der Waals surface area contributed by atoms with Gasteiger partial charge in [0.1, 0.15) is 10.6 Å². The number of amides is 1. The second kappa shape index (κ2) is 8.86. The van der Waals surface area contributed by atoms with E-state index in [0.717, 1.165) is 4.47 Å². The van der Waals surface area contributed by atoms with E-state index >= 15 is 0 Å². The molecule has 0 saturated carbocycles. The lowest BCUT2D eigenvalue weighted by Crippen LogP contribution is -2.15. The second-order valence-electron chi connectivity index (χ2n) is 5.94. The Bertz CT molecular complexity index is 1150. The summed E-state index contributed by atoms with van der Waals surface area (Å²) in [6.45, 7) is 0. The van der Waals surface area contributed by atoms with E-state index in [1.165, 1.54) is 25.3 Å². The minimum atomic E-state index is -3.96. The van der Waals surface area contributed by atoms with Gasteiger partial charge in [-0.15, -0.1) is 0 Å². The Morgan fingerprint density at radius 3 is 2.38 bits per heavy atom. The third kappa shape index (κ3) is 5.29. The highest BCUT2D eigenvalue weighted by molar-refractivity contribution is 9.10. The third-order valence-corrected chi connectivity index (χ3v) is 6.30. The fourth-order valence-corrected chi connectivity index (χ4v) is 4.33. The van der Waals surface area contributed by atoms with Gasteiger partial charge in [-0.25, -0.2) is 8.42 Å². The minimum Gasteiger partial charge on any atom is -0.497 e. The standard InChI is InChI=1S/C20H16BrClN2O4S/c1-28-17-4-2-3-13(11-17)20(25)23-16-9-10-18(22)19(12-16)29(26,27)24-15-7-5-14(21)6-8-15/h2-12,24H,1H3,(H,23,25). The van der Waals surface area contributed by atoms with Gasteiger partial charge in [0.15, 0.2) is 0 Å². The molecule has 3 rings (SSSR count). The molecule has 0 aliphatic rings. The van der Waals surface area contributed by atoms with Crippen LogP contribution in [-0.2, 0) is 10.0 Å². The number of hydrogen-bond donors (Lipinski definition) is 2. The summed E-state index contributed by atoms with van der Waals surface area (Å²) in [4.78, 5) is 12.3. The molecule has 0 atom stereocenters. The summed E-state index contributed by atoms with van der Waals surface area (Å²) in [5, 5.41) is 2.71. The number of halogens is 2. The minimum absolute atomic E-state index is 0.0361. The number of ether oxygens (including phenoxy) is 1. The number of carbonyl (C=O) groups excluding carboxylic acids is 1. The first-order valence-corrected chi connectivity index (χ1v) is 11.0. The smallest absolute Gasteiger partial charge is 0.263 e. The predicted octanol–water partition coefficient (Wildman–Crippen LogP) is 5.16. The average Bonchev–Trinajstić information content (AvgIpc) is 2.71. The number of sulfonamides is 1. The van der Waals surface area contributed by atoms with Gasteiger partial charge >= 0.3 is 0 Å². The van der Waals surface area contributed by atoms with Crippen LogP contribution in [0.15, 0.2) is 76.1 Å². The Morgan fingerprint density at radius 1 is 1.00 bits per heavy atom. The van der Waals surface area contributed by atoms with Crippen LogP contribution >= 0.6 is 27.5 Å². The molecule has 0 aliphatic carbocycles. The van der Waals surface area contributed by atoms with Crippen molar-refractivity contribution in [3.63, 3.8) is 0 Å². The molecule has 0 bridgehead atoms. The lowest BCUT2D eigenvalue weighted by Gasteiger charge is -2.12. The number of rotatable bonds is 6. The summed E-state index contributed by atoms with van der Waals surface area (Å²) in [6, 6.07) is 17.5. The SMILES string of the molecule is COc1cccc(C(=O)Nc2ccc(Cl)c(S(=O)(=O)Nc3ccc(Br)cc3)c2)c1. The lowest BCUT2D eigenvalue weighted by molar-refractivity contribution is 0.102. The zero-order valence-corrected chi connectivity index (χ0v) is 18.3. The molecule has 0 spiro atoms. The predicted molar refractivity (Wildman–Crippen MR) is 117 cm³/mol. The molecule has 150 valence electrons. The van der Waals surface area contributed by atoms with Gasteiger partial charge < -0.3 is 10.1 Å². The number of methoxy groups -OCH3 is 1. The molecule has 0 saturated heterocycles. The van der Waals surface area contributed by atoms with Crippen molar-refractivity contribution in [1.29, 1.82) is 0 Å². The molecule has 1 amide bonds. The van der Waals surface area contributed by atoms with Gasteiger partial charge in [0.05, 0.1) is 12.1 Å². The Balaban J connectivity index is 1.85. The van der Waals surface area contributed by atoms with Gasteiger partial charge in [0.2, 0.25) is 0 Å². The van der Waals surface area contributed by atoms with Crippen LogP contribution in [-0.4, -0.2) is 21.4 Å². The summed E-state index contributed by atoms with van der Waals surface area (Å²) in [7, 11) is -2.45. The van der Waals surface area contributed by atoms with E-state index in [9.17, 15) is 13.2 Å². The highest BCUT2D eigenvalue weighted by atomic mass is 79.9. The van der Waals surface area contributed by atoms with Crippen LogP contribution in [0.25, 0.3) is 0 Å². The van der Waals surface area contributed by atoms with Gasteiger partial charge in [-0.05, 0) is 60.7 Å². The molecule has 3 aromatic carbocycles. The van der Waals surface area contributed by atoms with E-state index in [4.69, 9.17) is 16.3 Å². The summed E-state index contributed by atoms with van der Waals surface area (Å²) in [6.07, 6.45) is 0. The van der Waals surface area contributed by atoms with Crippen molar-refractivity contribution in [2.75, 3.05) is 17.1 Å². The first-order valence-electron chi connectivity index (χ1n) is 8.32. The van der Waals surface area contributed by atoms with Crippen molar-refractivity contribution in [3.8, 4) is 5.75 Å². The summed E-state index contributed by atoms with van der Waals surface area (Å²) < 4.78 is 33.9. The molecule has 0 heterocycles. The number of hydrogen-bond acceptors (Lipinski definition) is 4. The Hall–Kier alpha value is -2.55. The van der Waals surface area contributed by atoms with Crippen molar-refractivity contribution in [2.24, 2.45) is 0 Å². The molecule has 3 aromatic rings. The molecule has 0 unspecified atom stereocenters. The maximum absolute atomic E-state index is 12.8. The number of nitrogens with one attached hydrogen (secondary N) is 2. The van der Waals surface area contributed by atoms with Crippen LogP contribution in [0.3, 0.4) is 0 Å². The molecule has 0 aliphatic heterocycles. The molecule has 0 fully saturated rings. The molecule has 29 heavy (non-hydrogen) atoms.